The lowest BCUT2D eigenvalue weighted by molar-refractivity contribution is -0.139. The van der Waals surface area contributed by atoms with Crippen LogP contribution in [0.3, 0.4) is 0 Å². The third-order valence-electron chi connectivity index (χ3n) is 2.31. The second kappa shape index (κ2) is 7.42. The molecule has 2 unspecified atom stereocenters. The fraction of sp³-hybridized carbons (Fsp3) is 0.625. The molecule has 19 heavy (non-hydrogen) atoms. The average molecular weight is 326 g/mol. The molecule has 11 heteroatoms. The molecule has 1 aliphatic rings. The Morgan fingerprint density at radius 1 is 1.37 bits per heavy atom. The Bertz CT molecular complexity index is 328. The van der Waals surface area contributed by atoms with Crippen LogP contribution in [0.4, 0.5) is 0 Å². The largest absolute Gasteiger partial charge is 0.485 e. The van der Waals surface area contributed by atoms with Crippen molar-refractivity contribution in [3.05, 3.63) is 12.2 Å². The number of ether oxygens (including phenoxy) is 1. The molecule has 2 N–H and O–H groups in total. The van der Waals surface area contributed by atoms with Crippen molar-refractivity contribution < 1.29 is 35.9 Å². The predicted molar refractivity (Wildman–Crippen MR) is 70.0 cm³/mol. The summed E-state index contributed by atoms with van der Waals surface area (Å²) in [6, 6.07) is 0.324. The lowest BCUT2D eigenvalue weighted by Crippen LogP contribution is -2.59. The van der Waals surface area contributed by atoms with Crippen molar-refractivity contribution in [3.63, 3.8) is 0 Å². The van der Waals surface area contributed by atoms with Gasteiger partial charge in [-0.05, 0) is 13.3 Å². The fourth-order valence-corrected chi connectivity index (χ4v) is 9.30. The van der Waals surface area contributed by atoms with Crippen molar-refractivity contribution >= 4 is 33.8 Å². The van der Waals surface area contributed by atoms with E-state index in [-0.39, 0.29) is 6.61 Å². The Morgan fingerprint density at radius 2 is 1.95 bits per heavy atom. The van der Waals surface area contributed by atoms with E-state index in [4.69, 9.17) is 21.5 Å². The van der Waals surface area contributed by atoms with E-state index in [1.165, 1.54) is 7.11 Å². The van der Waals surface area contributed by atoms with E-state index in [1.807, 2.05) is 0 Å². The number of carbonyl (C=O) groups excluding carboxylic acids is 1. The molecule has 0 radical (unpaired) electrons. The van der Waals surface area contributed by atoms with Crippen molar-refractivity contribution in [2.75, 3.05) is 13.7 Å². The van der Waals surface area contributed by atoms with E-state index in [9.17, 15) is 14.4 Å². The van der Waals surface area contributed by atoms with Crippen LogP contribution in [0.25, 0.3) is 0 Å². The summed E-state index contributed by atoms with van der Waals surface area (Å²) in [6.45, 7) is 5.18. The van der Waals surface area contributed by atoms with E-state index >= 15 is 0 Å². The minimum atomic E-state index is -3.10. The summed E-state index contributed by atoms with van der Waals surface area (Å²) in [5, 5.41) is 0. The van der Waals surface area contributed by atoms with Crippen LogP contribution in [-0.2, 0) is 26.3 Å². The molecule has 1 aliphatic heterocycles. The van der Waals surface area contributed by atoms with Gasteiger partial charge in [0.05, 0.1) is 6.61 Å². The highest BCUT2D eigenvalue weighted by molar-refractivity contribution is 6.76. The van der Waals surface area contributed by atoms with E-state index in [2.05, 4.69) is 6.58 Å². The summed E-state index contributed by atoms with van der Waals surface area (Å²) in [5.74, 6) is -0.467. The first kappa shape index (κ1) is 16.7. The summed E-state index contributed by atoms with van der Waals surface area (Å²) >= 11 is 0. The highest BCUT2D eigenvalue weighted by Crippen LogP contribution is 2.22. The monoisotopic (exact) mass is 326 g/mol. The quantitative estimate of drug-likeness (QED) is 0.265. The minimum absolute atomic E-state index is 0.159. The van der Waals surface area contributed by atoms with Crippen molar-refractivity contribution in [1.82, 2.24) is 0 Å². The van der Waals surface area contributed by atoms with Crippen LogP contribution in [0.1, 0.15) is 13.3 Å². The van der Waals surface area contributed by atoms with Crippen LogP contribution in [0.2, 0.25) is 6.04 Å². The highest BCUT2D eigenvalue weighted by atomic mass is 28.5. The van der Waals surface area contributed by atoms with Gasteiger partial charge in [-0.3, -0.25) is 0 Å². The summed E-state index contributed by atoms with van der Waals surface area (Å²) < 4.78 is 25.3. The third-order valence-corrected chi connectivity index (χ3v) is 10.3. The van der Waals surface area contributed by atoms with E-state index in [0.29, 0.717) is 18.0 Å². The molecule has 110 valence electrons. The summed E-state index contributed by atoms with van der Waals surface area (Å²) in [6.07, 6.45) is 0.432. The second-order valence-electron chi connectivity index (χ2n) is 3.89. The van der Waals surface area contributed by atoms with Gasteiger partial charge in [-0.15, -0.1) is 0 Å². The molecule has 8 nitrogen and oxygen atoms in total. The van der Waals surface area contributed by atoms with Gasteiger partial charge in [0.2, 0.25) is 0 Å². The normalized spacial score (nSPS) is 30.9. The number of esters is 1. The van der Waals surface area contributed by atoms with Crippen LogP contribution in [0.15, 0.2) is 12.2 Å². The molecular weight excluding hydrogens is 308 g/mol. The smallest absolute Gasteiger partial charge is 0.462 e. The maximum atomic E-state index is 11.2. The molecule has 0 aliphatic carbocycles. The zero-order valence-corrected chi connectivity index (χ0v) is 14.1. The van der Waals surface area contributed by atoms with Crippen LogP contribution >= 0.6 is 0 Å². The van der Waals surface area contributed by atoms with Crippen LogP contribution < -0.4 is 0 Å². The van der Waals surface area contributed by atoms with Gasteiger partial charge >= 0.3 is 33.8 Å². The molecule has 0 aromatic rings. The zero-order valence-electron chi connectivity index (χ0n) is 10.8. The number of hydrogen-bond acceptors (Lipinski definition) is 8. The van der Waals surface area contributed by atoms with Crippen LogP contribution in [-0.4, -0.2) is 57.1 Å². The summed E-state index contributed by atoms with van der Waals surface area (Å²) in [7, 11) is -7.47. The lowest BCUT2D eigenvalue weighted by Gasteiger charge is -2.35. The number of carbonyl (C=O) groups is 1. The Labute approximate surface area is 115 Å². The highest BCUT2D eigenvalue weighted by Gasteiger charge is 2.50. The van der Waals surface area contributed by atoms with Crippen molar-refractivity contribution in [3.8, 4) is 0 Å². The standard InChI is InChI=1S/C8H18O8Si3/c1-7(2)8(9)13-5-4-6-19(12-3)15-17(10)14-18(11)16-19/h10-11,17-18H,1,4-6H2,2-3H3. The first-order chi connectivity index (χ1) is 8.88. The molecule has 1 saturated heterocycles. The van der Waals surface area contributed by atoms with Gasteiger partial charge in [-0.2, -0.15) is 0 Å². The van der Waals surface area contributed by atoms with E-state index < -0.39 is 33.8 Å². The fourth-order valence-electron chi connectivity index (χ4n) is 1.38. The zero-order chi connectivity index (χ0) is 14.5. The van der Waals surface area contributed by atoms with Crippen molar-refractivity contribution in [1.29, 1.82) is 0 Å². The molecule has 0 saturated carbocycles. The number of hydrogen-bond donors (Lipinski definition) is 2. The van der Waals surface area contributed by atoms with Gasteiger partial charge in [0.15, 0.2) is 0 Å². The van der Waals surface area contributed by atoms with Gasteiger partial charge in [0, 0.05) is 18.7 Å². The van der Waals surface area contributed by atoms with Crippen molar-refractivity contribution in [2.45, 2.75) is 19.4 Å². The Kier molecular flexibility index (Phi) is 6.51. The molecular formula is C8H18O8Si3. The molecule has 0 spiro atoms. The van der Waals surface area contributed by atoms with Gasteiger partial charge in [0.25, 0.3) is 0 Å². The second-order valence-corrected chi connectivity index (χ2v) is 10.4. The third kappa shape index (κ3) is 5.25. The maximum absolute atomic E-state index is 11.2. The number of rotatable bonds is 6. The van der Waals surface area contributed by atoms with E-state index in [1.54, 1.807) is 6.92 Å². The molecule has 0 aromatic carbocycles. The molecule has 0 amide bonds. The van der Waals surface area contributed by atoms with Crippen LogP contribution in [0.5, 0.6) is 0 Å². The Morgan fingerprint density at radius 3 is 2.42 bits per heavy atom. The average Bonchev–Trinajstić information content (AvgIpc) is 2.33. The Balaban J connectivity index is 2.40. The van der Waals surface area contributed by atoms with Gasteiger partial charge in [-0.1, -0.05) is 6.58 Å². The summed E-state index contributed by atoms with van der Waals surface area (Å²) in [5.41, 5.74) is 0.322. The summed E-state index contributed by atoms with van der Waals surface area (Å²) in [4.78, 5) is 30.0. The first-order valence-electron chi connectivity index (χ1n) is 5.63. The molecule has 1 heterocycles. The predicted octanol–water partition coefficient (Wildman–Crippen LogP) is -1.44. The van der Waals surface area contributed by atoms with Gasteiger partial charge < -0.3 is 31.1 Å². The molecule has 2 atom stereocenters. The Hall–Kier alpha value is -0.379. The van der Waals surface area contributed by atoms with Crippen LogP contribution in [0, 0.1) is 0 Å². The lowest BCUT2D eigenvalue weighted by atomic mass is 10.4. The van der Waals surface area contributed by atoms with Gasteiger partial charge in [-0.25, -0.2) is 4.79 Å². The SMILES string of the molecule is C=C(C)C(=O)OCCC[Si]1(OC)O[SiH](O)O[SiH](O)O1. The molecule has 1 fully saturated rings. The van der Waals surface area contributed by atoms with E-state index in [0.717, 1.165) is 0 Å². The topological polar surface area (TPSA) is 104 Å². The minimum Gasteiger partial charge on any atom is -0.462 e. The maximum Gasteiger partial charge on any atom is 0.485 e. The molecule has 1 rings (SSSR count). The molecule has 0 bridgehead atoms. The first-order valence-corrected chi connectivity index (χ1v) is 10.5. The van der Waals surface area contributed by atoms with Gasteiger partial charge in [0.1, 0.15) is 0 Å². The molecule has 0 aromatic heterocycles. The van der Waals surface area contributed by atoms with Crippen molar-refractivity contribution in [2.24, 2.45) is 0 Å².